The Morgan fingerprint density at radius 3 is 2.43 bits per heavy atom. The van der Waals surface area contributed by atoms with Crippen LogP contribution in [0.1, 0.15) is 45.6 Å². The van der Waals surface area contributed by atoms with Crippen LogP contribution < -0.4 is 5.73 Å². The molecule has 0 aliphatic carbocycles. The number of unbranched alkanes of at least 4 members (excludes halogenated alkanes) is 2. The molecule has 6 heteroatoms. The number of benzene rings is 1. The molecule has 1 aromatic carbocycles. The Labute approximate surface area is 127 Å². The second-order valence-corrected chi connectivity index (χ2v) is 7.43. The lowest BCUT2D eigenvalue weighted by atomic mass is 10.2. The van der Waals surface area contributed by atoms with Crippen molar-refractivity contribution >= 4 is 15.7 Å². The van der Waals surface area contributed by atoms with E-state index in [0.717, 1.165) is 19.3 Å². The molecule has 0 unspecified atom stereocenters. The molecule has 1 aromatic rings. The molecule has 1 rings (SSSR count). The van der Waals surface area contributed by atoms with E-state index < -0.39 is 15.8 Å². The number of nitrogens with two attached hydrogens (primary N) is 1. The normalized spacial score (nSPS) is 12.3. The molecule has 0 aliphatic heterocycles. The van der Waals surface area contributed by atoms with Crippen LogP contribution in [0.15, 0.2) is 17.0 Å². The Kier molecular flexibility index (Phi) is 6.16. The number of nitrogen functional groups attached to an aromatic ring is 1. The zero-order valence-corrected chi connectivity index (χ0v) is 14.0. The highest BCUT2D eigenvalue weighted by Crippen LogP contribution is 2.26. The Morgan fingerprint density at radius 2 is 1.90 bits per heavy atom. The Morgan fingerprint density at radius 1 is 1.29 bits per heavy atom. The van der Waals surface area contributed by atoms with E-state index in [2.05, 4.69) is 6.92 Å². The van der Waals surface area contributed by atoms with E-state index in [1.165, 1.54) is 23.4 Å². The molecule has 2 N–H and O–H groups in total. The Balaban J connectivity index is 3.23. The second kappa shape index (κ2) is 7.22. The maximum Gasteiger partial charge on any atom is 0.246 e. The van der Waals surface area contributed by atoms with Gasteiger partial charge in [-0.1, -0.05) is 19.8 Å². The first kappa shape index (κ1) is 17.9. The molecule has 0 aliphatic rings. The van der Waals surface area contributed by atoms with Crippen molar-refractivity contribution in [1.82, 2.24) is 4.31 Å². The Bertz CT molecular complexity index is 586. The van der Waals surface area contributed by atoms with Crippen LogP contribution in [0.4, 0.5) is 10.1 Å². The second-order valence-electron chi connectivity index (χ2n) is 5.57. The first-order valence-corrected chi connectivity index (χ1v) is 8.73. The third kappa shape index (κ3) is 4.17. The van der Waals surface area contributed by atoms with E-state index >= 15 is 0 Å². The lowest BCUT2D eigenvalue weighted by Crippen LogP contribution is -2.38. The molecule has 0 spiro atoms. The van der Waals surface area contributed by atoms with E-state index in [4.69, 9.17) is 5.73 Å². The summed E-state index contributed by atoms with van der Waals surface area (Å²) >= 11 is 0. The maximum absolute atomic E-state index is 14.2. The molecule has 0 heterocycles. The summed E-state index contributed by atoms with van der Waals surface area (Å²) < 4.78 is 41.0. The summed E-state index contributed by atoms with van der Waals surface area (Å²) in [5.41, 5.74) is 6.17. The van der Waals surface area contributed by atoms with E-state index in [0.29, 0.717) is 6.54 Å². The summed E-state index contributed by atoms with van der Waals surface area (Å²) in [6, 6.07) is 2.41. The highest BCUT2D eigenvalue weighted by Gasteiger charge is 2.30. The third-order valence-corrected chi connectivity index (χ3v) is 5.46. The number of rotatable bonds is 7. The molecule has 4 nitrogen and oxygen atoms in total. The van der Waals surface area contributed by atoms with Gasteiger partial charge in [0.05, 0.1) is 0 Å². The van der Waals surface area contributed by atoms with Crippen LogP contribution in [0.3, 0.4) is 0 Å². The monoisotopic (exact) mass is 316 g/mol. The quantitative estimate of drug-likeness (QED) is 0.620. The van der Waals surface area contributed by atoms with Gasteiger partial charge in [0, 0.05) is 18.3 Å². The number of aryl methyl sites for hydroxylation is 1. The van der Waals surface area contributed by atoms with Gasteiger partial charge in [-0.2, -0.15) is 4.31 Å². The fraction of sp³-hybridized carbons (Fsp3) is 0.600. The van der Waals surface area contributed by atoms with Gasteiger partial charge in [0.2, 0.25) is 10.0 Å². The zero-order valence-electron chi connectivity index (χ0n) is 13.2. The van der Waals surface area contributed by atoms with Crippen molar-refractivity contribution in [3.8, 4) is 0 Å². The third-order valence-electron chi connectivity index (χ3n) is 3.39. The average Bonchev–Trinajstić information content (AvgIpc) is 2.38. The van der Waals surface area contributed by atoms with Crippen molar-refractivity contribution in [3.63, 3.8) is 0 Å². The van der Waals surface area contributed by atoms with Gasteiger partial charge in [0.1, 0.15) is 10.7 Å². The fourth-order valence-electron chi connectivity index (χ4n) is 2.25. The molecule has 0 radical (unpaired) electrons. The van der Waals surface area contributed by atoms with Crippen molar-refractivity contribution in [2.24, 2.45) is 0 Å². The summed E-state index contributed by atoms with van der Waals surface area (Å²) in [5, 5.41) is 0. The van der Waals surface area contributed by atoms with E-state index in [-0.39, 0.29) is 22.2 Å². The summed E-state index contributed by atoms with van der Waals surface area (Å²) in [4.78, 5) is -0.329. The highest BCUT2D eigenvalue weighted by molar-refractivity contribution is 7.89. The molecule has 21 heavy (non-hydrogen) atoms. The first-order valence-electron chi connectivity index (χ1n) is 7.29. The summed E-state index contributed by atoms with van der Waals surface area (Å²) in [6.07, 6.45) is 2.70. The number of sulfonamides is 1. The molecule has 0 saturated heterocycles. The Hall–Kier alpha value is -1.14. The fourth-order valence-corrected chi connectivity index (χ4v) is 4.10. The molecule has 120 valence electrons. The maximum atomic E-state index is 14.2. The van der Waals surface area contributed by atoms with Gasteiger partial charge >= 0.3 is 0 Å². The number of anilines is 1. The van der Waals surface area contributed by atoms with Crippen molar-refractivity contribution in [1.29, 1.82) is 0 Å². The minimum Gasteiger partial charge on any atom is -0.399 e. The number of nitrogens with zero attached hydrogens (tertiary/aromatic N) is 1. The first-order chi connectivity index (χ1) is 9.71. The molecule has 0 amide bonds. The molecule has 0 aromatic heterocycles. The van der Waals surface area contributed by atoms with Crippen molar-refractivity contribution < 1.29 is 12.8 Å². The van der Waals surface area contributed by atoms with Gasteiger partial charge in [-0.3, -0.25) is 0 Å². The summed E-state index contributed by atoms with van der Waals surface area (Å²) in [5.74, 6) is -0.717. The molecular weight excluding hydrogens is 291 g/mol. The topological polar surface area (TPSA) is 63.4 Å². The van der Waals surface area contributed by atoms with Crippen LogP contribution in [-0.2, 0) is 10.0 Å². The van der Waals surface area contributed by atoms with Gasteiger partial charge < -0.3 is 5.73 Å². The SMILES string of the molecule is CCCCCN(C(C)C)S(=O)(=O)c1cc(N)cc(C)c1F. The molecular formula is C15H25FN2O2S. The molecule has 0 atom stereocenters. The van der Waals surface area contributed by atoms with Crippen molar-refractivity contribution in [3.05, 3.63) is 23.5 Å². The molecule has 0 bridgehead atoms. The predicted molar refractivity (Wildman–Crippen MR) is 84.1 cm³/mol. The number of halogens is 1. The van der Waals surface area contributed by atoms with Crippen LogP contribution in [-0.4, -0.2) is 25.3 Å². The van der Waals surface area contributed by atoms with Gasteiger partial charge in [-0.05, 0) is 44.9 Å². The minimum atomic E-state index is -3.88. The summed E-state index contributed by atoms with van der Waals surface area (Å²) in [6.45, 7) is 7.54. The lowest BCUT2D eigenvalue weighted by molar-refractivity contribution is 0.343. The minimum absolute atomic E-state index is 0.229. The van der Waals surface area contributed by atoms with E-state index in [1.54, 1.807) is 13.8 Å². The van der Waals surface area contributed by atoms with Gasteiger partial charge in [-0.15, -0.1) is 0 Å². The van der Waals surface area contributed by atoms with Gasteiger partial charge in [-0.25, -0.2) is 12.8 Å². The smallest absolute Gasteiger partial charge is 0.246 e. The van der Waals surface area contributed by atoms with Crippen molar-refractivity contribution in [2.75, 3.05) is 12.3 Å². The lowest BCUT2D eigenvalue weighted by Gasteiger charge is -2.26. The highest BCUT2D eigenvalue weighted by atomic mass is 32.2. The van der Waals surface area contributed by atoms with Crippen LogP contribution in [0.5, 0.6) is 0 Å². The van der Waals surface area contributed by atoms with Crippen LogP contribution >= 0.6 is 0 Å². The average molecular weight is 316 g/mol. The molecule has 0 fully saturated rings. The zero-order chi connectivity index (χ0) is 16.2. The standard InChI is InChI=1S/C15H25FN2O2S/c1-5-6-7-8-18(11(2)3)21(19,20)14-10-13(17)9-12(4)15(14)16/h9-11H,5-8,17H2,1-4H3. The van der Waals surface area contributed by atoms with Crippen LogP contribution in [0, 0.1) is 12.7 Å². The van der Waals surface area contributed by atoms with E-state index in [9.17, 15) is 12.8 Å². The molecule has 0 saturated carbocycles. The van der Waals surface area contributed by atoms with E-state index in [1.807, 2.05) is 0 Å². The number of hydrogen-bond donors (Lipinski definition) is 1. The van der Waals surface area contributed by atoms with Crippen LogP contribution in [0.25, 0.3) is 0 Å². The van der Waals surface area contributed by atoms with Gasteiger partial charge in [0.25, 0.3) is 0 Å². The summed E-state index contributed by atoms with van der Waals surface area (Å²) in [7, 11) is -3.88. The van der Waals surface area contributed by atoms with Gasteiger partial charge in [0.15, 0.2) is 0 Å². The largest absolute Gasteiger partial charge is 0.399 e. The number of hydrogen-bond acceptors (Lipinski definition) is 3. The van der Waals surface area contributed by atoms with Crippen LogP contribution in [0.2, 0.25) is 0 Å². The predicted octanol–water partition coefficient (Wildman–Crippen LogP) is 3.31. The van der Waals surface area contributed by atoms with Crippen molar-refractivity contribution in [2.45, 2.75) is 57.9 Å².